The molecule has 0 aliphatic carbocycles. The summed E-state index contributed by atoms with van der Waals surface area (Å²) in [6.07, 6.45) is 0. The summed E-state index contributed by atoms with van der Waals surface area (Å²) in [7, 11) is 4.13. The summed E-state index contributed by atoms with van der Waals surface area (Å²) in [5.74, 6) is -0.188. The highest BCUT2D eigenvalue weighted by Gasteiger charge is 2.32. The number of nitrogens with one attached hydrogen (secondary N) is 1. The standard InChI is InChI=1S/C14H23FN2/c1-6-16-13(14(2,3)17(4)5)11-7-9-12(15)10-8-11/h7-10,13,16H,6H2,1-5H3. The fourth-order valence-corrected chi connectivity index (χ4v) is 1.89. The minimum atomic E-state index is -0.188. The number of hydrogen-bond acceptors (Lipinski definition) is 2. The maximum absolute atomic E-state index is 13.0. The van der Waals surface area contributed by atoms with Crippen molar-refractivity contribution in [3.05, 3.63) is 35.6 Å². The van der Waals surface area contributed by atoms with Gasteiger partial charge in [0.1, 0.15) is 5.82 Å². The molecule has 1 N–H and O–H groups in total. The molecule has 0 aliphatic heterocycles. The molecule has 1 aromatic carbocycles. The first-order chi connectivity index (χ1) is 7.89. The lowest BCUT2D eigenvalue weighted by Gasteiger charge is -2.41. The maximum atomic E-state index is 13.0. The van der Waals surface area contributed by atoms with Crippen LogP contribution in [0.5, 0.6) is 0 Å². The van der Waals surface area contributed by atoms with Crippen LogP contribution >= 0.6 is 0 Å². The fraction of sp³-hybridized carbons (Fsp3) is 0.571. The Hall–Kier alpha value is -0.930. The van der Waals surface area contributed by atoms with Crippen molar-refractivity contribution in [1.82, 2.24) is 10.2 Å². The van der Waals surface area contributed by atoms with Crippen LogP contribution in [0, 0.1) is 5.82 Å². The Bertz CT molecular complexity index is 344. The molecule has 0 aliphatic rings. The van der Waals surface area contributed by atoms with Crippen LogP contribution < -0.4 is 5.32 Å². The summed E-state index contributed by atoms with van der Waals surface area (Å²) >= 11 is 0. The highest BCUT2D eigenvalue weighted by Crippen LogP contribution is 2.29. The molecule has 17 heavy (non-hydrogen) atoms. The van der Waals surface area contributed by atoms with Crippen LogP contribution in [0.4, 0.5) is 4.39 Å². The third kappa shape index (κ3) is 3.27. The second-order valence-corrected chi connectivity index (χ2v) is 5.09. The van der Waals surface area contributed by atoms with Crippen LogP contribution in [0.3, 0.4) is 0 Å². The highest BCUT2D eigenvalue weighted by atomic mass is 19.1. The first kappa shape index (κ1) is 14.1. The van der Waals surface area contributed by atoms with Gasteiger partial charge in [-0.3, -0.25) is 0 Å². The monoisotopic (exact) mass is 238 g/mol. The minimum absolute atomic E-state index is 0.0339. The first-order valence-corrected chi connectivity index (χ1v) is 6.06. The molecule has 0 radical (unpaired) electrons. The summed E-state index contributed by atoms with van der Waals surface area (Å²) in [5, 5.41) is 3.48. The van der Waals surface area contributed by atoms with E-state index in [-0.39, 0.29) is 17.4 Å². The second-order valence-electron chi connectivity index (χ2n) is 5.09. The van der Waals surface area contributed by atoms with Crippen LogP contribution in [0.2, 0.25) is 0 Å². The molecule has 0 spiro atoms. The molecule has 0 amide bonds. The van der Waals surface area contributed by atoms with E-state index in [2.05, 4.69) is 45.1 Å². The van der Waals surface area contributed by atoms with Gasteiger partial charge < -0.3 is 10.2 Å². The molecule has 1 unspecified atom stereocenters. The molecule has 2 nitrogen and oxygen atoms in total. The van der Waals surface area contributed by atoms with Gasteiger partial charge in [-0.05, 0) is 52.2 Å². The van der Waals surface area contributed by atoms with Crippen LogP contribution in [-0.2, 0) is 0 Å². The van der Waals surface area contributed by atoms with Crippen LogP contribution in [0.25, 0.3) is 0 Å². The van der Waals surface area contributed by atoms with Gasteiger partial charge in [-0.25, -0.2) is 4.39 Å². The molecule has 0 saturated carbocycles. The van der Waals surface area contributed by atoms with Gasteiger partial charge in [0.2, 0.25) is 0 Å². The van der Waals surface area contributed by atoms with Crippen molar-refractivity contribution in [3.8, 4) is 0 Å². The van der Waals surface area contributed by atoms with E-state index in [9.17, 15) is 4.39 Å². The third-order valence-electron chi connectivity index (χ3n) is 3.47. The summed E-state index contributed by atoms with van der Waals surface area (Å²) in [5.41, 5.74) is 1.08. The minimum Gasteiger partial charge on any atom is -0.309 e. The van der Waals surface area contributed by atoms with E-state index in [4.69, 9.17) is 0 Å². The zero-order valence-corrected chi connectivity index (χ0v) is 11.4. The Kier molecular flexibility index (Phi) is 4.66. The van der Waals surface area contributed by atoms with Gasteiger partial charge in [0.25, 0.3) is 0 Å². The predicted molar refractivity (Wildman–Crippen MR) is 70.6 cm³/mol. The highest BCUT2D eigenvalue weighted by molar-refractivity contribution is 5.23. The number of likely N-dealkylation sites (N-methyl/N-ethyl adjacent to an activating group) is 2. The number of hydrogen-bond donors (Lipinski definition) is 1. The summed E-state index contributed by atoms with van der Waals surface area (Å²) in [4.78, 5) is 2.18. The van der Waals surface area contributed by atoms with E-state index in [1.54, 1.807) is 0 Å². The molecule has 0 saturated heterocycles. The Morgan fingerprint density at radius 1 is 1.24 bits per heavy atom. The van der Waals surface area contributed by atoms with Gasteiger partial charge >= 0.3 is 0 Å². The zero-order chi connectivity index (χ0) is 13.1. The van der Waals surface area contributed by atoms with Gasteiger partial charge in [-0.15, -0.1) is 0 Å². The van der Waals surface area contributed by atoms with Crippen molar-refractivity contribution in [3.63, 3.8) is 0 Å². The lowest BCUT2D eigenvalue weighted by molar-refractivity contribution is 0.139. The number of nitrogens with zero attached hydrogens (tertiary/aromatic N) is 1. The van der Waals surface area contributed by atoms with Crippen molar-refractivity contribution in [2.75, 3.05) is 20.6 Å². The van der Waals surface area contributed by atoms with E-state index in [1.807, 2.05) is 12.1 Å². The molecule has 3 heteroatoms. The largest absolute Gasteiger partial charge is 0.309 e. The van der Waals surface area contributed by atoms with Gasteiger partial charge in [0, 0.05) is 5.54 Å². The molecule has 0 aromatic heterocycles. The number of benzene rings is 1. The molecule has 1 aromatic rings. The van der Waals surface area contributed by atoms with Crippen LogP contribution in [-0.4, -0.2) is 31.1 Å². The SMILES string of the molecule is CCNC(c1ccc(F)cc1)C(C)(C)N(C)C. The van der Waals surface area contributed by atoms with Crippen molar-refractivity contribution < 1.29 is 4.39 Å². The van der Waals surface area contributed by atoms with Crippen LogP contribution in [0.15, 0.2) is 24.3 Å². The third-order valence-corrected chi connectivity index (χ3v) is 3.47. The lowest BCUT2D eigenvalue weighted by atomic mass is 9.87. The Morgan fingerprint density at radius 2 is 1.76 bits per heavy atom. The van der Waals surface area contributed by atoms with Crippen molar-refractivity contribution in [2.45, 2.75) is 32.4 Å². The average molecular weight is 238 g/mol. The Morgan fingerprint density at radius 3 is 2.18 bits per heavy atom. The molecular formula is C14H23FN2. The summed E-state index contributed by atoms with van der Waals surface area (Å²) in [6, 6.07) is 6.93. The lowest BCUT2D eigenvalue weighted by Crippen LogP contribution is -2.49. The van der Waals surface area contributed by atoms with Gasteiger partial charge in [-0.2, -0.15) is 0 Å². The number of rotatable bonds is 5. The van der Waals surface area contributed by atoms with E-state index < -0.39 is 0 Å². The van der Waals surface area contributed by atoms with Gasteiger partial charge in [0.05, 0.1) is 6.04 Å². The summed E-state index contributed by atoms with van der Waals surface area (Å²) < 4.78 is 13.0. The van der Waals surface area contributed by atoms with E-state index in [1.165, 1.54) is 12.1 Å². The molecule has 0 bridgehead atoms. The van der Waals surface area contributed by atoms with Crippen molar-refractivity contribution >= 4 is 0 Å². The molecule has 0 fully saturated rings. The van der Waals surface area contributed by atoms with E-state index >= 15 is 0 Å². The average Bonchev–Trinajstić information content (AvgIpc) is 2.27. The molecule has 1 atom stereocenters. The Labute approximate surface area is 104 Å². The molecule has 1 rings (SSSR count). The van der Waals surface area contributed by atoms with E-state index in [0.717, 1.165) is 12.1 Å². The molecular weight excluding hydrogens is 215 g/mol. The first-order valence-electron chi connectivity index (χ1n) is 6.06. The second kappa shape index (κ2) is 5.61. The van der Waals surface area contributed by atoms with Crippen LogP contribution in [0.1, 0.15) is 32.4 Å². The normalized spacial score (nSPS) is 14.1. The number of halogens is 1. The smallest absolute Gasteiger partial charge is 0.123 e. The van der Waals surface area contributed by atoms with Crippen molar-refractivity contribution in [1.29, 1.82) is 0 Å². The zero-order valence-electron chi connectivity index (χ0n) is 11.4. The Balaban J connectivity index is 3.04. The summed E-state index contributed by atoms with van der Waals surface area (Å²) in [6.45, 7) is 7.34. The van der Waals surface area contributed by atoms with Gasteiger partial charge in [0.15, 0.2) is 0 Å². The topological polar surface area (TPSA) is 15.3 Å². The maximum Gasteiger partial charge on any atom is 0.123 e. The fourth-order valence-electron chi connectivity index (χ4n) is 1.89. The quantitative estimate of drug-likeness (QED) is 0.848. The molecule has 96 valence electrons. The molecule has 0 heterocycles. The predicted octanol–water partition coefficient (Wildman–Crippen LogP) is 2.82. The van der Waals surface area contributed by atoms with Crippen molar-refractivity contribution in [2.24, 2.45) is 0 Å². The van der Waals surface area contributed by atoms with Gasteiger partial charge in [-0.1, -0.05) is 19.1 Å². The van der Waals surface area contributed by atoms with E-state index in [0.29, 0.717) is 0 Å².